The van der Waals surface area contributed by atoms with E-state index < -0.39 is 5.97 Å². The molecule has 0 atom stereocenters. The molecular formula is C14H15NO3. The van der Waals surface area contributed by atoms with E-state index in [0.29, 0.717) is 12.1 Å². The van der Waals surface area contributed by atoms with Gasteiger partial charge in [0.1, 0.15) is 0 Å². The van der Waals surface area contributed by atoms with Crippen LogP contribution in [0.25, 0.3) is 0 Å². The average molecular weight is 245 g/mol. The zero-order valence-electron chi connectivity index (χ0n) is 10.2. The summed E-state index contributed by atoms with van der Waals surface area (Å²) >= 11 is 0. The van der Waals surface area contributed by atoms with Crippen LogP contribution >= 0.6 is 0 Å². The molecule has 0 saturated carbocycles. The van der Waals surface area contributed by atoms with Crippen LogP contribution in [0.4, 0.5) is 0 Å². The summed E-state index contributed by atoms with van der Waals surface area (Å²) in [5.41, 5.74) is 2.04. The Morgan fingerprint density at radius 3 is 2.28 bits per heavy atom. The highest BCUT2D eigenvalue weighted by Gasteiger charge is 2.17. The van der Waals surface area contributed by atoms with Gasteiger partial charge < -0.3 is 10.0 Å². The molecule has 0 saturated heterocycles. The molecular weight excluding hydrogens is 230 g/mol. The van der Waals surface area contributed by atoms with Gasteiger partial charge in [-0.25, -0.2) is 4.79 Å². The number of hydrogen-bond donors (Lipinski definition) is 1. The number of carbonyl (C=O) groups excluding carboxylic acids is 1. The van der Waals surface area contributed by atoms with Crippen molar-refractivity contribution in [2.75, 3.05) is 13.1 Å². The van der Waals surface area contributed by atoms with Crippen molar-refractivity contribution in [1.29, 1.82) is 0 Å². The number of carboxylic acids is 1. The Morgan fingerprint density at radius 1 is 1.17 bits per heavy atom. The minimum Gasteiger partial charge on any atom is -0.478 e. The normalized spacial score (nSPS) is 15.2. The molecule has 0 aromatic heterocycles. The molecule has 94 valence electrons. The quantitative estimate of drug-likeness (QED) is 0.812. The molecule has 1 N–H and O–H groups in total. The van der Waals surface area contributed by atoms with Crippen LogP contribution in [0.1, 0.15) is 34.1 Å². The van der Waals surface area contributed by atoms with E-state index in [4.69, 9.17) is 5.11 Å². The van der Waals surface area contributed by atoms with E-state index in [9.17, 15) is 9.59 Å². The lowest BCUT2D eigenvalue weighted by atomic mass is 10.1. The monoisotopic (exact) mass is 245 g/mol. The van der Waals surface area contributed by atoms with Crippen molar-refractivity contribution in [3.8, 4) is 0 Å². The van der Waals surface area contributed by atoms with E-state index in [1.165, 1.54) is 17.7 Å². The van der Waals surface area contributed by atoms with E-state index in [-0.39, 0.29) is 11.5 Å². The first-order chi connectivity index (χ1) is 8.58. The number of rotatable bonds is 2. The van der Waals surface area contributed by atoms with Gasteiger partial charge in [-0.3, -0.25) is 4.79 Å². The molecule has 1 amide bonds. The Morgan fingerprint density at radius 2 is 1.78 bits per heavy atom. The molecule has 0 spiro atoms. The maximum atomic E-state index is 12.1. The molecule has 0 radical (unpaired) electrons. The summed E-state index contributed by atoms with van der Waals surface area (Å²) < 4.78 is 0. The minimum absolute atomic E-state index is 0.0457. The molecule has 0 fully saturated rings. The first-order valence-corrected chi connectivity index (χ1v) is 5.86. The summed E-state index contributed by atoms with van der Waals surface area (Å²) in [6.07, 6.45) is 2.95. The van der Waals surface area contributed by atoms with Gasteiger partial charge in [0.2, 0.25) is 0 Å². The van der Waals surface area contributed by atoms with Crippen LogP contribution in [-0.4, -0.2) is 35.0 Å². The summed E-state index contributed by atoms with van der Waals surface area (Å²) in [4.78, 5) is 24.6. The van der Waals surface area contributed by atoms with Gasteiger partial charge in [-0.2, -0.15) is 0 Å². The number of aromatic carboxylic acids is 1. The fourth-order valence-corrected chi connectivity index (χ4v) is 1.89. The number of benzene rings is 1. The maximum Gasteiger partial charge on any atom is 0.335 e. The molecule has 4 nitrogen and oxygen atoms in total. The van der Waals surface area contributed by atoms with Crippen LogP contribution in [0.5, 0.6) is 0 Å². The zero-order chi connectivity index (χ0) is 13.1. The predicted molar refractivity (Wildman–Crippen MR) is 67.7 cm³/mol. The van der Waals surface area contributed by atoms with Gasteiger partial charge in [0.25, 0.3) is 5.91 Å². The number of hydrogen-bond acceptors (Lipinski definition) is 2. The Bertz CT molecular complexity index is 502. The second-order valence-corrected chi connectivity index (χ2v) is 4.43. The van der Waals surface area contributed by atoms with E-state index in [1.54, 1.807) is 17.0 Å². The summed E-state index contributed by atoms with van der Waals surface area (Å²) in [6, 6.07) is 6.05. The van der Waals surface area contributed by atoms with Crippen LogP contribution < -0.4 is 0 Å². The second kappa shape index (κ2) is 5.04. The van der Waals surface area contributed by atoms with Crippen LogP contribution in [0, 0.1) is 0 Å². The number of amides is 1. The van der Waals surface area contributed by atoms with E-state index in [0.717, 1.165) is 13.0 Å². The molecule has 0 bridgehead atoms. The highest BCUT2D eigenvalue weighted by Crippen LogP contribution is 2.14. The standard InChI is InChI=1S/C14H15NO3/c1-10-6-8-15(9-7-10)13(16)11-2-4-12(5-3-11)14(17)18/h2-6H,7-9H2,1H3,(H,17,18). The van der Waals surface area contributed by atoms with Gasteiger partial charge in [-0.05, 0) is 37.6 Å². The number of carboxylic acid groups (broad SMARTS) is 1. The third-order valence-electron chi connectivity index (χ3n) is 3.10. The van der Waals surface area contributed by atoms with Gasteiger partial charge in [0, 0.05) is 18.7 Å². The predicted octanol–water partition coefficient (Wildman–Crippen LogP) is 2.18. The van der Waals surface area contributed by atoms with Gasteiger partial charge in [0.15, 0.2) is 0 Å². The van der Waals surface area contributed by atoms with E-state index in [1.807, 2.05) is 6.08 Å². The fraction of sp³-hybridized carbons (Fsp3) is 0.286. The maximum absolute atomic E-state index is 12.1. The highest BCUT2D eigenvalue weighted by molar-refractivity contribution is 5.96. The topological polar surface area (TPSA) is 57.6 Å². The molecule has 1 aliphatic heterocycles. The number of carbonyl (C=O) groups is 2. The van der Waals surface area contributed by atoms with Crippen molar-refractivity contribution >= 4 is 11.9 Å². The van der Waals surface area contributed by atoms with Crippen LogP contribution in [0.2, 0.25) is 0 Å². The van der Waals surface area contributed by atoms with Crippen molar-refractivity contribution in [2.24, 2.45) is 0 Å². The summed E-state index contributed by atoms with van der Waals surface area (Å²) in [6.45, 7) is 3.41. The van der Waals surface area contributed by atoms with E-state index >= 15 is 0 Å². The highest BCUT2D eigenvalue weighted by atomic mass is 16.4. The Balaban J connectivity index is 2.12. The largest absolute Gasteiger partial charge is 0.478 e. The molecule has 4 heteroatoms. The Labute approximate surface area is 106 Å². The van der Waals surface area contributed by atoms with Crippen LogP contribution in [0.15, 0.2) is 35.9 Å². The molecule has 1 aliphatic rings. The van der Waals surface area contributed by atoms with Crippen molar-refractivity contribution in [1.82, 2.24) is 4.90 Å². The Hall–Kier alpha value is -2.10. The van der Waals surface area contributed by atoms with Gasteiger partial charge >= 0.3 is 5.97 Å². The molecule has 0 aliphatic carbocycles. The zero-order valence-corrected chi connectivity index (χ0v) is 10.2. The molecule has 1 aromatic rings. The molecule has 1 aromatic carbocycles. The molecule has 1 heterocycles. The van der Waals surface area contributed by atoms with Crippen LogP contribution in [0.3, 0.4) is 0 Å². The lowest BCUT2D eigenvalue weighted by Crippen LogP contribution is -2.34. The fourth-order valence-electron chi connectivity index (χ4n) is 1.89. The van der Waals surface area contributed by atoms with Crippen molar-refractivity contribution in [3.05, 3.63) is 47.0 Å². The molecule has 18 heavy (non-hydrogen) atoms. The van der Waals surface area contributed by atoms with Gasteiger partial charge in [-0.15, -0.1) is 0 Å². The summed E-state index contributed by atoms with van der Waals surface area (Å²) in [5, 5.41) is 8.79. The van der Waals surface area contributed by atoms with Gasteiger partial charge in [-0.1, -0.05) is 11.6 Å². The first-order valence-electron chi connectivity index (χ1n) is 5.86. The smallest absolute Gasteiger partial charge is 0.335 e. The summed E-state index contributed by atoms with van der Waals surface area (Å²) in [5.74, 6) is -1.03. The number of nitrogens with zero attached hydrogens (tertiary/aromatic N) is 1. The lowest BCUT2D eigenvalue weighted by Gasteiger charge is -2.25. The SMILES string of the molecule is CC1=CCN(C(=O)c2ccc(C(=O)O)cc2)CC1. The lowest BCUT2D eigenvalue weighted by molar-refractivity contribution is 0.0694. The van der Waals surface area contributed by atoms with Gasteiger partial charge in [0.05, 0.1) is 5.56 Å². The van der Waals surface area contributed by atoms with E-state index in [2.05, 4.69) is 6.92 Å². The third-order valence-corrected chi connectivity index (χ3v) is 3.10. The van der Waals surface area contributed by atoms with Crippen molar-refractivity contribution in [2.45, 2.75) is 13.3 Å². The molecule has 2 rings (SSSR count). The average Bonchev–Trinajstić information content (AvgIpc) is 2.39. The second-order valence-electron chi connectivity index (χ2n) is 4.43. The first kappa shape index (κ1) is 12.4. The van der Waals surface area contributed by atoms with Crippen molar-refractivity contribution in [3.63, 3.8) is 0 Å². The van der Waals surface area contributed by atoms with Crippen LogP contribution in [-0.2, 0) is 0 Å². The molecule has 0 unspecified atom stereocenters. The minimum atomic E-state index is -0.981. The summed E-state index contributed by atoms with van der Waals surface area (Å²) in [7, 11) is 0. The Kier molecular flexibility index (Phi) is 3.46. The third kappa shape index (κ3) is 2.59. The van der Waals surface area contributed by atoms with Crippen molar-refractivity contribution < 1.29 is 14.7 Å².